The Morgan fingerprint density at radius 2 is 1.85 bits per heavy atom. The van der Waals surface area contributed by atoms with Crippen molar-refractivity contribution < 1.29 is 8.39 Å². The van der Waals surface area contributed by atoms with Gasteiger partial charge in [0.1, 0.15) is 0 Å². The average Bonchev–Trinajstić information content (AvgIpc) is 2.08. The third-order valence-electron chi connectivity index (χ3n) is 1.86. The molecule has 0 saturated carbocycles. The standard InChI is InChI=1S/C8H6Br2O2S/c9-7-1-5-3-12-13(11)4-6(5)2-8(7)10/h1-2H,3-4H2. The van der Waals surface area contributed by atoms with Gasteiger partial charge in [0, 0.05) is 8.95 Å². The van der Waals surface area contributed by atoms with Gasteiger partial charge in [-0.3, -0.25) is 4.18 Å². The molecule has 2 rings (SSSR count). The number of halogens is 2. The lowest BCUT2D eigenvalue weighted by Gasteiger charge is -2.16. The van der Waals surface area contributed by atoms with E-state index in [0.29, 0.717) is 12.4 Å². The lowest BCUT2D eigenvalue weighted by molar-refractivity contribution is 0.327. The van der Waals surface area contributed by atoms with Crippen LogP contribution in [0.3, 0.4) is 0 Å². The summed E-state index contributed by atoms with van der Waals surface area (Å²) in [5.41, 5.74) is 2.20. The third-order valence-corrected chi connectivity index (χ3v) is 4.63. The molecule has 2 nitrogen and oxygen atoms in total. The highest BCUT2D eigenvalue weighted by molar-refractivity contribution is 9.13. The zero-order valence-electron chi connectivity index (χ0n) is 6.55. The highest BCUT2D eigenvalue weighted by Crippen LogP contribution is 2.30. The van der Waals surface area contributed by atoms with Crippen LogP contribution < -0.4 is 0 Å². The van der Waals surface area contributed by atoms with Gasteiger partial charge in [-0.25, -0.2) is 4.21 Å². The van der Waals surface area contributed by atoms with E-state index in [-0.39, 0.29) is 0 Å². The molecule has 0 N–H and O–H groups in total. The van der Waals surface area contributed by atoms with Crippen molar-refractivity contribution in [3.8, 4) is 0 Å². The molecule has 1 atom stereocenters. The first-order valence-electron chi connectivity index (χ1n) is 3.65. The van der Waals surface area contributed by atoms with Gasteiger partial charge in [0.25, 0.3) is 0 Å². The molecule has 1 aliphatic rings. The van der Waals surface area contributed by atoms with E-state index in [0.717, 1.165) is 20.1 Å². The zero-order chi connectivity index (χ0) is 9.42. The number of hydrogen-bond donors (Lipinski definition) is 0. The molecule has 0 aliphatic carbocycles. The second kappa shape index (κ2) is 3.81. The molecule has 0 amide bonds. The van der Waals surface area contributed by atoms with Crippen molar-refractivity contribution in [2.24, 2.45) is 0 Å². The van der Waals surface area contributed by atoms with Gasteiger partial charge in [-0.1, -0.05) is 0 Å². The monoisotopic (exact) mass is 324 g/mol. The molecular weight excluding hydrogens is 320 g/mol. The van der Waals surface area contributed by atoms with E-state index in [4.69, 9.17) is 4.18 Å². The van der Waals surface area contributed by atoms with E-state index >= 15 is 0 Å². The summed E-state index contributed by atoms with van der Waals surface area (Å²) in [6, 6.07) is 3.98. The zero-order valence-corrected chi connectivity index (χ0v) is 10.5. The number of benzene rings is 1. The molecule has 0 saturated heterocycles. The van der Waals surface area contributed by atoms with Crippen molar-refractivity contribution >= 4 is 42.9 Å². The van der Waals surface area contributed by atoms with Gasteiger partial charge in [-0.15, -0.1) is 0 Å². The van der Waals surface area contributed by atoms with Crippen LogP contribution in [0.15, 0.2) is 21.1 Å². The van der Waals surface area contributed by atoms with E-state index in [1.165, 1.54) is 0 Å². The summed E-state index contributed by atoms with van der Waals surface area (Å²) < 4.78 is 18.1. The van der Waals surface area contributed by atoms with Crippen molar-refractivity contribution in [3.63, 3.8) is 0 Å². The summed E-state index contributed by atoms with van der Waals surface area (Å²) in [7, 11) is 0. The van der Waals surface area contributed by atoms with Crippen LogP contribution in [0.25, 0.3) is 0 Å². The Labute approximate surface area is 95.6 Å². The maximum Gasteiger partial charge on any atom is 0.160 e. The number of rotatable bonds is 0. The summed E-state index contributed by atoms with van der Waals surface area (Å²) in [6.45, 7) is 0.438. The smallest absolute Gasteiger partial charge is 0.160 e. The van der Waals surface area contributed by atoms with Crippen LogP contribution >= 0.6 is 31.9 Å². The number of fused-ring (bicyclic) bond motifs is 1. The van der Waals surface area contributed by atoms with E-state index < -0.39 is 11.1 Å². The van der Waals surface area contributed by atoms with Gasteiger partial charge >= 0.3 is 0 Å². The van der Waals surface area contributed by atoms with Crippen molar-refractivity contribution in [1.82, 2.24) is 0 Å². The third kappa shape index (κ3) is 2.03. The Bertz CT molecular complexity index is 379. The molecule has 0 bridgehead atoms. The molecule has 70 valence electrons. The second-order valence-electron chi connectivity index (χ2n) is 2.75. The first-order chi connectivity index (χ1) is 6.16. The Morgan fingerprint density at radius 3 is 2.54 bits per heavy atom. The Balaban J connectivity index is 2.49. The molecule has 1 heterocycles. The summed E-state index contributed by atoms with van der Waals surface area (Å²) in [5.74, 6) is 0.487. The second-order valence-corrected chi connectivity index (χ2v) is 5.59. The van der Waals surface area contributed by atoms with Crippen molar-refractivity contribution in [2.75, 3.05) is 0 Å². The molecule has 13 heavy (non-hydrogen) atoms. The lowest BCUT2D eigenvalue weighted by Crippen LogP contribution is -2.10. The SMILES string of the molecule is O=S1Cc2cc(Br)c(Br)cc2CO1. The fourth-order valence-corrected chi connectivity index (χ4v) is 2.84. The van der Waals surface area contributed by atoms with E-state index in [9.17, 15) is 4.21 Å². The quantitative estimate of drug-likeness (QED) is 0.733. The van der Waals surface area contributed by atoms with Gasteiger partial charge in [-0.2, -0.15) is 0 Å². The fourth-order valence-electron chi connectivity index (χ4n) is 1.20. The van der Waals surface area contributed by atoms with E-state index in [1.807, 2.05) is 12.1 Å². The predicted octanol–water partition coefficient (Wildman–Crippen LogP) is 2.91. The van der Waals surface area contributed by atoms with Crippen LogP contribution in [0.4, 0.5) is 0 Å². The highest BCUT2D eigenvalue weighted by Gasteiger charge is 2.16. The predicted molar refractivity (Wildman–Crippen MR) is 58.5 cm³/mol. The van der Waals surface area contributed by atoms with Crippen LogP contribution in [0.5, 0.6) is 0 Å². The molecule has 1 aromatic carbocycles. The maximum absolute atomic E-state index is 11.1. The Morgan fingerprint density at radius 1 is 1.23 bits per heavy atom. The summed E-state index contributed by atoms with van der Waals surface area (Å²) >= 11 is 5.67. The molecular formula is C8H6Br2O2S. The van der Waals surface area contributed by atoms with Crippen molar-refractivity contribution in [3.05, 3.63) is 32.2 Å². The molecule has 1 aliphatic heterocycles. The van der Waals surface area contributed by atoms with Crippen LogP contribution in [-0.4, -0.2) is 4.21 Å². The van der Waals surface area contributed by atoms with Gasteiger partial charge in [0.15, 0.2) is 11.1 Å². The molecule has 0 aromatic heterocycles. The summed E-state index contributed by atoms with van der Waals surface area (Å²) in [5, 5.41) is 0. The van der Waals surface area contributed by atoms with E-state index in [2.05, 4.69) is 31.9 Å². The van der Waals surface area contributed by atoms with Crippen LogP contribution in [0.1, 0.15) is 11.1 Å². The van der Waals surface area contributed by atoms with Gasteiger partial charge in [-0.05, 0) is 55.1 Å². The normalized spacial score (nSPS) is 21.2. The molecule has 0 radical (unpaired) electrons. The largest absolute Gasteiger partial charge is 0.285 e. The minimum absolute atomic E-state index is 0.438. The number of hydrogen-bond acceptors (Lipinski definition) is 2. The first kappa shape index (κ1) is 9.83. The van der Waals surface area contributed by atoms with Crippen LogP contribution in [-0.2, 0) is 27.6 Å². The Kier molecular flexibility index (Phi) is 2.88. The van der Waals surface area contributed by atoms with E-state index in [1.54, 1.807) is 0 Å². The van der Waals surface area contributed by atoms with Crippen molar-refractivity contribution in [2.45, 2.75) is 12.4 Å². The van der Waals surface area contributed by atoms with Crippen LogP contribution in [0.2, 0.25) is 0 Å². The molecule has 0 fully saturated rings. The van der Waals surface area contributed by atoms with Crippen LogP contribution in [0, 0.1) is 0 Å². The molecule has 5 heteroatoms. The minimum atomic E-state index is -1.15. The topological polar surface area (TPSA) is 26.3 Å². The summed E-state index contributed by atoms with van der Waals surface area (Å²) in [4.78, 5) is 0. The summed E-state index contributed by atoms with van der Waals surface area (Å²) in [6.07, 6.45) is 0. The molecule has 0 spiro atoms. The highest BCUT2D eigenvalue weighted by atomic mass is 79.9. The van der Waals surface area contributed by atoms with Gasteiger partial charge < -0.3 is 0 Å². The first-order valence-corrected chi connectivity index (χ1v) is 6.48. The van der Waals surface area contributed by atoms with Gasteiger partial charge in [0.2, 0.25) is 0 Å². The van der Waals surface area contributed by atoms with Gasteiger partial charge in [0.05, 0.1) is 12.4 Å². The molecule has 1 unspecified atom stereocenters. The average molecular weight is 326 g/mol. The Hall–Kier alpha value is 0.290. The fraction of sp³-hybridized carbons (Fsp3) is 0.250. The van der Waals surface area contributed by atoms with Crippen molar-refractivity contribution in [1.29, 1.82) is 0 Å². The maximum atomic E-state index is 11.1. The lowest BCUT2D eigenvalue weighted by atomic mass is 10.1. The minimum Gasteiger partial charge on any atom is -0.285 e. The molecule has 1 aromatic rings.